The third kappa shape index (κ3) is 2.36. The van der Waals surface area contributed by atoms with Crippen LogP contribution in [0.5, 0.6) is 5.75 Å². The molecule has 0 aliphatic carbocycles. The number of carbonyl (C=O) groups excluding carboxylic acids is 1. The molecule has 0 saturated heterocycles. The van der Waals surface area contributed by atoms with Crippen molar-refractivity contribution in [3.63, 3.8) is 0 Å². The van der Waals surface area contributed by atoms with Gasteiger partial charge in [-0.15, -0.1) is 11.3 Å². The molecule has 0 radical (unpaired) electrons. The van der Waals surface area contributed by atoms with Crippen LogP contribution in [0.1, 0.15) is 10.5 Å². The second-order valence-corrected chi connectivity index (χ2v) is 6.26. The lowest BCUT2D eigenvalue weighted by Crippen LogP contribution is -2.04. The highest BCUT2D eigenvalue weighted by Crippen LogP contribution is 2.45. The van der Waals surface area contributed by atoms with Crippen molar-refractivity contribution >= 4 is 43.3 Å². The van der Waals surface area contributed by atoms with E-state index in [0.29, 0.717) is 10.1 Å². The first-order chi connectivity index (χ1) is 10.5. The Morgan fingerprint density at radius 2 is 2.05 bits per heavy atom. The zero-order chi connectivity index (χ0) is 15.9. The fourth-order valence-corrected chi connectivity index (χ4v) is 4.07. The predicted octanol–water partition coefficient (Wildman–Crippen LogP) is 4.36. The van der Waals surface area contributed by atoms with Crippen molar-refractivity contribution in [2.24, 2.45) is 0 Å². The van der Waals surface area contributed by atoms with Gasteiger partial charge in [-0.3, -0.25) is 0 Å². The number of aromatic nitrogens is 1. The zero-order valence-corrected chi connectivity index (χ0v) is 13.7. The Labute approximate surface area is 137 Å². The molecular formula is C15H9BrFNO3S. The van der Waals surface area contributed by atoms with Crippen molar-refractivity contribution in [3.05, 3.63) is 46.4 Å². The number of ether oxygens (including phenoxy) is 1. The molecular weight excluding hydrogens is 373 g/mol. The van der Waals surface area contributed by atoms with E-state index in [1.165, 1.54) is 36.8 Å². The van der Waals surface area contributed by atoms with Gasteiger partial charge in [-0.25, -0.2) is 14.2 Å². The van der Waals surface area contributed by atoms with Gasteiger partial charge in [0.2, 0.25) is 0 Å². The number of carbonyl (C=O) groups is 1. The Bertz CT molecular complexity index is 877. The molecule has 7 heteroatoms. The van der Waals surface area contributed by atoms with Crippen LogP contribution in [0, 0.1) is 5.82 Å². The highest BCUT2D eigenvalue weighted by atomic mass is 79.9. The number of nitrogens with zero attached hydrogens (tertiary/aromatic N) is 1. The number of methoxy groups -OCH3 is 1. The molecule has 0 amide bonds. The summed E-state index contributed by atoms with van der Waals surface area (Å²) in [5.41, 5.74) is 0.669. The Hall–Kier alpha value is -1.99. The Morgan fingerprint density at radius 3 is 2.68 bits per heavy atom. The summed E-state index contributed by atoms with van der Waals surface area (Å²) in [6, 6.07) is 6.03. The van der Waals surface area contributed by atoms with E-state index in [2.05, 4.69) is 25.7 Å². The van der Waals surface area contributed by atoms with Crippen molar-refractivity contribution in [1.82, 2.24) is 4.98 Å². The minimum atomic E-state index is -0.702. The molecule has 3 rings (SSSR count). The average molecular weight is 382 g/mol. The topological polar surface area (TPSA) is 59.4 Å². The maximum atomic E-state index is 13.0. The number of thiophene rings is 1. The van der Waals surface area contributed by atoms with Gasteiger partial charge in [0.05, 0.1) is 11.8 Å². The molecule has 0 bridgehead atoms. The maximum absolute atomic E-state index is 13.0. The van der Waals surface area contributed by atoms with Gasteiger partial charge in [0.15, 0.2) is 11.4 Å². The van der Waals surface area contributed by atoms with Crippen molar-refractivity contribution in [2.45, 2.75) is 0 Å². The van der Waals surface area contributed by atoms with Gasteiger partial charge in [0, 0.05) is 20.9 Å². The van der Waals surface area contributed by atoms with E-state index in [9.17, 15) is 14.3 Å². The van der Waals surface area contributed by atoms with Crippen LogP contribution in [0.4, 0.5) is 4.39 Å². The van der Waals surface area contributed by atoms with Gasteiger partial charge in [-0.2, -0.15) is 0 Å². The minimum absolute atomic E-state index is 0.130. The summed E-state index contributed by atoms with van der Waals surface area (Å²) in [6.45, 7) is 0. The molecule has 4 nitrogen and oxygen atoms in total. The lowest BCUT2D eigenvalue weighted by atomic mass is 10.1. The van der Waals surface area contributed by atoms with Gasteiger partial charge < -0.3 is 9.84 Å². The number of fused-ring (bicyclic) bond motifs is 1. The molecule has 112 valence electrons. The maximum Gasteiger partial charge on any atom is 0.360 e. The van der Waals surface area contributed by atoms with Crippen LogP contribution in [0.2, 0.25) is 0 Å². The predicted molar refractivity (Wildman–Crippen MR) is 85.7 cm³/mol. The summed E-state index contributed by atoms with van der Waals surface area (Å²) in [6.07, 6.45) is 1.49. The lowest BCUT2D eigenvalue weighted by Gasteiger charge is -2.01. The summed E-state index contributed by atoms with van der Waals surface area (Å²) in [5.74, 6) is -1.24. The van der Waals surface area contributed by atoms with E-state index in [1.807, 2.05) is 0 Å². The first-order valence-electron chi connectivity index (χ1n) is 6.17. The number of esters is 1. The van der Waals surface area contributed by atoms with Gasteiger partial charge in [-0.05, 0) is 33.6 Å². The highest BCUT2D eigenvalue weighted by molar-refractivity contribution is 9.10. The largest absolute Gasteiger partial charge is 0.504 e. The van der Waals surface area contributed by atoms with E-state index in [-0.39, 0.29) is 17.3 Å². The number of rotatable bonds is 2. The number of hydrogen-bond acceptors (Lipinski definition) is 5. The Kier molecular flexibility index (Phi) is 3.84. The molecule has 0 aliphatic heterocycles. The van der Waals surface area contributed by atoms with Crippen LogP contribution in [0.15, 0.2) is 34.9 Å². The molecule has 3 aromatic rings. The first-order valence-corrected chi connectivity index (χ1v) is 7.78. The van der Waals surface area contributed by atoms with Crippen molar-refractivity contribution in [3.8, 4) is 16.2 Å². The molecule has 0 saturated carbocycles. The fourth-order valence-electron chi connectivity index (χ4n) is 2.05. The van der Waals surface area contributed by atoms with Crippen LogP contribution in [-0.4, -0.2) is 23.2 Å². The van der Waals surface area contributed by atoms with Gasteiger partial charge in [0.25, 0.3) is 0 Å². The molecule has 2 heterocycles. The molecule has 22 heavy (non-hydrogen) atoms. The number of pyridine rings is 1. The molecule has 2 aromatic heterocycles. The van der Waals surface area contributed by atoms with Crippen molar-refractivity contribution in [1.29, 1.82) is 0 Å². The fraction of sp³-hybridized carbons (Fsp3) is 0.0667. The monoisotopic (exact) mass is 381 g/mol. The zero-order valence-electron chi connectivity index (χ0n) is 11.3. The Balaban J connectivity index is 2.22. The SMILES string of the molecule is COC(=O)c1ncc2c(Br)c(-c3ccc(F)cc3)sc2c1O. The average Bonchev–Trinajstić information content (AvgIpc) is 2.86. The van der Waals surface area contributed by atoms with E-state index in [0.717, 1.165) is 14.9 Å². The summed E-state index contributed by atoms with van der Waals surface area (Å²) >= 11 is 4.75. The van der Waals surface area contributed by atoms with Crippen LogP contribution in [0.25, 0.3) is 20.5 Å². The first kappa shape index (κ1) is 14.9. The number of hydrogen-bond donors (Lipinski definition) is 1. The molecule has 1 aromatic carbocycles. The van der Waals surface area contributed by atoms with E-state index >= 15 is 0 Å². The minimum Gasteiger partial charge on any atom is -0.504 e. The van der Waals surface area contributed by atoms with Crippen molar-refractivity contribution in [2.75, 3.05) is 7.11 Å². The van der Waals surface area contributed by atoms with Crippen LogP contribution < -0.4 is 0 Å². The normalized spacial score (nSPS) is 10.9. The number of halogens is 2. The molecule has 0 atom stereocenters. The summed E-state index contributed by atoms with van der Waals surface area (Å²) < 4.78 is 18.9. The molecule has 0 spiro atoms. The molecule has 0 unspecified atom stereocenters. The summed E-state index contributed by atoms with van der Waals surface area (Å²) in [4.78, 5) is 16.3. The van der Waals surface area contributed by atoms with Gasteiger partial charge >= 0.3 is 5.97 Å². The van der Waals surface area contributed by atoms with Crippen LogP contribution in [0.3, 0.4) is 0 Å². The molecule has 0 aliphatic rings. The van der Waals surface area contributed by atoms with Gasteiger partial charge in [0.1, 0.15) is 5.82 Å². The lowest BCUT2D eigenvalue weighted by molar-refractivity contribution is 0.0591. The highest BCUT2D eigenvalue weighted by Gasteiger charge is 2.21. The second kappa shape index (κ2) is 5.66. The summed E-state index contributed by atoms with van der Waals surface area (Å²) in [5, 5.41) is 10.9. The third-order valence-electron chi connectivity index (χ3n) is 3.13. The van der Waals surface area contributed by atoms with Crippen molar-refractivity contribution < 1.29 is 19.0 Å². The number of benzene rings is 1. The molecule has 1 N–H and O–H groups in total. The summed E-state index contributed by atoms with van der Waals surface area (Å²) in [7, 11) is 1.22. The standard InChI is InChI=1S/C15H9BrFNO3S/c1-21-15(20)11-12(19)14-9(6-18-11)10(16)13(22-14)7-2-4-8(17)5-3-7/h2-6,19H,1H3. The molecule has 0 fully saturated rings. The third-order valence-corrected chi connectivity index (χ3v) is 5.48. The van der Waals surface area contributed by atoms with Crippen LogP contribution >= 0.6 is 27.3 Å². The smallest absolute Gasteiger partial charge is 0.360 e. The quantitative estimate of drug-likeness (QED) is 0.670. The van der Waals surface area contributed by atoms with Gasteiger partial charge in [-0.1, -0.05) is 12.1 Å². The second-order valence-electron chi connectivity index (χ2n) is 4.44. The number of aromatic hydroxyl groups is 1. The Morgan fingerprint density at radius 1 is 1.36 bits per heavy atom. The van der Waals surface area contributed by atoms with E-state index < -0.39 is 5.97 Å². The van der Waals surface area contributed by atoms with Crippen LogP contribution in [-0.2, 0) is 4.74 Å². The van der Waals surface area contributed by atoms with E-state index in [1.54, 1.807) is 12.1 Å². The van der Waals surface area contributed by atoms with E-state index in [4.69, 9.17) is 0 Å².